The molecule has 2 unspecified atom stereocenters. The monoisotopic (exact) mass is 457 g/mol. The van der Waals surface area contributed by atoms with Crippen LogP contribution in [0.2, 0.25) is 5.02 Å². The zero-order valence-electron chi connectivity index (χ0n) is 15.4. The Kier molecular flexibility index (Phi) is 4.16. The number of aromatic nitrogens is 1. The fourth-order valence-corrected chi connectivity index (χ4v) is 5.50. The van der Waals surface area contributed by atoms with Gasteiger partial charge in [-0.25, -0.2) is 8.72 Å². The van der Waals surface area contributed by atoms with Crippen molar-refractivity contribution in [3.05, 3.63) is 33.2 Å². The Bertz CT molecular complexity index is 880. The molecule has 2 amide bonds. The molecule has 0 saturated carbocycles. The van der Waals surface area contributed by atoms with Crippen molar-refractivity contribution in [2.24, 2.45) is 0 Å². The van der Waals surface area contributed by atoms with Crippen molar-refractivity contribution in [3.63, 3.8) is 0 Å². The largest absolute Gasteiger partial charge is 0.444 e. The highest BCUT2D eigenvalue weighted by atomic mass is 79.9. The van der Waals surface area contributed by atoms with E-state index in [0.29, 0.717) is 12.8 Å². The lowest BCUT2D eigenvalue weighted by atomic mass is 9.90. The summed E-state index contributed by atoms with van der Waals surface area (Å²) in [7, 11) is 0. The van der Waals surface area contributed by atoms with Gasteiger partial charge in [0.05, 0.1) is 21.2 Å². The lowest BCUT2D eigenvalue weighted by Crippen LogP contribution is -2.59. The second-order valence-corrected chi connectivity index (χ2v) is 9.57. The molecule has 3 aliphatic rings. The molecular weight excluding hydrogens is 438 g/mol. The van der Waals surface area contributed by atoms with Crippen LogP contribution in [-0.2, 0) is 10.4 Å². The molecule has 146 valence electrons. The van der Waals surface area contributed by atoms with Crippen molar-refractivity contribution in [1.82, 2.24) is 13.4 Å². The number of fused-ring (bicyclic) bond motifs is 4. The van der Waals surface area contributed by atoms with Gasteiger partial charge in [-0.3, -0.25) is 14.2 Å². The van der Waals surface area contributed by atoms with Crippen molar-refractivity contribution >= 4 is 39.7 Å². The fourth-order valence-electron chi connectivity index (χ4n) is 4.65. The van der Waals surface area contributed by atoms with Crippen LogP contribution in [0.15, 0.2) is 16.9 Å². The number of nitrogens with zero attached hydrogens (tertiary/aromatic N) is 3. The maximum absolute atomic E-state index is 12.8. The second kappa shape index (κ2) is 5.98. The molecule has 2 bridgehead atoms. The van der Waals surface area contributed by atoms with Crippen LogP contribution >= 0.6 is 27.7 Å². The summed E-state index contributed by atoms with van der Waals surface area (Å²) in [5, 5.41) is 0.253. The van der Waals surface area contributed by atoms with Crippen molar-refractivity contribution in [2.45, 2.75) is 69.8 Å². The zero-order valence-corrected chi connectivity index (χ0v) is 17.7. The van der Waals surface area contributed by atoms with Crippen LogP contribution in [0.5, 0.6) is 0 Å². The van der Waals surface area contributed by atoms with E-state index in [2.05, 4.69) is 16.1 Å². The van der Waals surface area contributed by atoms with Gasteiger partial charge in [0.1, 0.15) is 17.0 Å². The van der Waals surface area contributed by atoms with E-state index in [1.807, 2.05) is 20.8 Å². The van der Waals surface area contributed by atoms with Crippen LogP contribution in [0.4, 0.5) is 4.79 Å². The van der Waals surface area contributed by atoms with Crippen molar-refractivity contribution < 1.29 is 14.3 Å². The molecule has 27 heavy (non-hydrogen) atoms. The first-order chi connectivity index (χ1) is 12.5. The molecule has 7 nitrogen and oxygen atoms in total. The van der Waals surface area contributed by atoms with Gasteiger partial charge >= 0.3 is 6.09 Å². The molecule has 0 radical (unpaired) electrons. The van der Waals surface area contributed by atoms with E-state index in [9.17, 15) is 14.4 Å². The second-order valence-electron chi connectivity index (χ2n) is 8.45. The third-order valence-corrected chi connectivity index (χ3v) is 6.84. The molecular formula is C18H21BrClN3O4. The summed E-state index contributed by atoms with van der Waals surface area (Å²) >= 11 is 9.62. The van der Waals surface area contributed by atoms with E-state index in [1.54, 1.807) is 4.90 Å². The molecule has 1 aromatic heterocycles. The summed E-state index contributed by atoms with van der Waals surface area (Å²) in [5.41, 5.74) is -1.51. The predicted octanol–water partition coefficient (Wildman–Crippen LogP) is 3.48. The van der Waals surface area contributed by atoms with Crippen LogP contribution in [0.3, 0.4) is 0 Å². The molecule has 2 atom stereocenters. The average Bonchev–Trinajstić information content (AvgIpc) is 2.95. The number of hydrogen-bond acceptors (Lipinski definition) is 4. The quantitative estimate of drug-likeness (QED) is 0.558. The van der Waals surface area contributed by atoms with Crippen molar-refractivity contribution in [2.75, 3.05) is 0 Å². The van der Waals surface area contributed by atoms with Gasteiger partial charge in [0.15, 0.2) is 0 Å². The smallest absolute Gasteiger partial charge is 0.410 e. The first-order valence-electron chi connectivity index (χ1n) is 8.99. The molecule has 4 heterocycles. The Balaban J connectivity index is 1.74. The number of rotatable bonds is 0. The fraction of sp³-hybridized carbons (Fsp3) is 0.611. The van der Waals surface area contributed by atoms with Crippen molar-refractivity contribution in [3.8, 4) is 0 Å². The van der Waals surface area contributed by atoms with Gasteiger partial charge in [-0.1, -0.05) is 11.6 Å². The minimum Gasteiger partial charge on any atom is -0.444 e. The van der Waals surface area contributed by atoms with E-state index in [1.165, 1.54) is 20.6 Å². The van der Waals surface area contributed by atoms with E-state index < -0.39 is 11.3 Å². The van der Waals surface area contributed by atoms with Crippen molar-refractivity contribution in [1.29, 1.82) is 0 Å². The minimum absolute atomic E-state index is 0.108. The molecule has 2 fully saturated rings. The lowest BCUT2D eigenvalue weighted by molar-refractivity contribution is -0.0243. The number of pyridine rings is 1. The predicted molar refractivity (Wildman–Crippen MR) is 103 cm³/mol. The first kappa shape index (κ1) is 18.8. The maximum atomic E-state index is 12.8. The van der Waals surface area contributed by atoms with Gasteiger partial charge in [0.25, 0.3) is 11.5 Å². The third kappa shape index (κ3) is 2.71. The highest BCUT2D eigenvalue weighted by Crippen LogP contribution is 2.51. The van der Waals surface area contributed by atoms with E-state index in [-0.39, 0.29) is 40.4 Å². The number of ether oxygens (including phenoxy) is 1. The van der Waals surface area contributed by atoms with Crippen LogP contribution < -0.4 is 5.56 Å². The van der Waals surface area contributed by atoms with Gasteiger partial charge in [-0.15, -0.1) is 0 Å². The Morgan fingerprint density at radius 2 is 1.81 bits per heavy atom. The van der Waals surface area contributed by atoms with Crippen LogP contribution in [0.1, 0.15) is 56.9 Å². The summed E-state index contributed by atoms with van der Waals surface area (Å²) in [5.74, 6) is -0.331. The topological polar surface area (TPSA) is 71.8 Å². The highest BCUT2D eigenvalue weighted by Gasteiger charge is 2.59. The number of carbonyl (C=O) groups excluding carboxylic acids is 2. The summed E-state index contributed by atoms with van der Waals surface area (Å²) in [6.45, 7) is 5.52. The standard InChI is InChI=1S/C18H21BrClN3O4/c1-17(2,3)27-16(26)21-10-4-5-11(21)9-18(8-10)22-13(24)7-6-12(20)14(22)15(25)23(18)19/h6-7,10-11H,4-5,8-9H2,1-3H3. The number of carbonyl (C=O) groups is 2. The van der Waals surface area contributed by atoms with Crippen LogP contribution in [0, 0.1) is 0 Å². The molecule has 2 saturated heterocycles. The number of amides is 2. The van der Waals surface area contributed by atoms with E-state index in [0.717, 1.165) is 12.8 Å². The molecule has 3 aliphatic heterocycles. The first-order valence-corrected chi connectivity index (χ1v) is 10.1. The molecule has 1 aromatic rings. The van der Waals surface area contributed by atoms with Gasteiger partial charge < -0.3 is 9.64 Å². The zero-order chi connectivity index (χ0) is 19.7. The normalized spacial score (nSPS) is 29.4. The number of halogens is 2. The molecule has 0 N–H and O–H groups in total. The summed E-state index contributed by atoms with van der Waals surface area (Å²) in [4.78, 5) is 40.0. The van der Waals surface area contributed by atoms with Gasteiger partial charge in [-0.2, -0.15) is 0 Å². The summed E-state index contributed by atoms with van der Waals surface area (Å²) in [6, 6.07) is 2.62. The molecule has 0 aliphatic carbocycles. The van der Waals surface area contributed by atoms with Gasteiger partial charge in [0, 0.05) is 31.0 Å². The number of hydrogen-bond donors (Lipinski definition) is 0. The lowest BCUT2D eigenvalue weighted by Gasteiger charge is -2.47. The SMILES string of the molecule is CC(C)(C)OC(=O)N1C2CCC1CC1(C2)N(Br)C(=O)c2c(Cl)ccc(=O)n21. The Morgan fingerprint density at radius 3 is 2.37 bits per heavy atom. The Morgan fingerprint density at radius 1 is 1.22 bits per heavy atom. The number of piperidine rings is 1. The maximum Gasteiger partial charge on any atom is 0.410 e. The molecule has 9 heteroatoms. The van der Waals surface area contributed by atoms with Gasteiger partial charge in [-0.05, 0) is 39.7 Å². The molecule has 4 rings (SSSR count). The van der Waals surface area contributed by atoms with Crippen LogP contribution in [-0.4, -0.2) is 43.1 Å². The summed E-state index contributed by atoms with van der Waals surface area (Å²) in [6.07, 6.45) is 2.19. The van der Waals surface area contributed by atoms with E-state index in [4.69, 9.17) is 16.3 Å². The molecule has 1 spiro atoms. The van der Waals surface area contributed by atoms with E-state index >= 15 is 0 Å². The van der Waals surface area contributed by atoms with Crippen LogP contribution in [0.25, 0.3) is 0 Å². The Hall–Kier alpha value is -1.54. The highest BCUT2D eigenvalue weighted by molar-refractivity contribution is 9.07. The van der Waals surface area contributed by atoms with Gasteiger partial charge in [0.2, 0.25) is 0 Å². The third-order valence-electron chi connectivity index (χ3n) is 5.55. The average molecular weight is 459 g/mol. The molecule has 0 aromatic carbocycles. The Labute approximate surface area is 170 Å². The summed E-state index contributed by atoms with van der Waals surface area (Å²) < 4.78 is 8.52. The minimum atomic E-state index is -0.862.